The number of furan rings is 1. The molecule has 17 heavy (non-hydrogen) atoms. The van der Waals surface area contributed by atoms with Gasteiger partial charge >= 0.3 is 0 Å². The quantitative estimate of drug-likeness (QED) is 0.815. The smallest absolute Gasteiger partial charge is 0.169 e. The number of rotatable bonds is 1. The fourth-order valence-electron chi connectivity index (χ4n) is 2.17. The molecule has 1 aliphatic carbocycles. The highest BCUT2D eigenvalue weighted by atomic mass is 16.3. The van der Waals surface area contributed by atoms with E-state index in [0.717, 1.165) is 5.56 Å². The van der Waals surface area contributed by atoms with Crippen LogP contribution in [0.5, 0.6) is 0 Å². The van der Waals surface area contributed by atoms with E-state index in [1.54, 1.807) is 6.07 Å². The van der Waals surface area contributed by atoms with Crippen LogP contribution in [-0.4, -0.2) is 17.0 Å². The normalized spacial score (nSPS) is 19.1. The minimum absolute atomic E-state index is 0.0373. The average molecular weight is 228 g/mol. The molecule has 1 N–H and O–H groups in total. The molecule has 0 saturated heterocycles. The van der Waals surface area contributed by atoms with Crippen molar-refractivity contribution in [3.63, 3.8) is 0 Å². The summed E-state index contributed by atoms with van der Waals surface area (Å²) in [7, 11) is 0. The molecule has 1 heterocycles. The van der Waals surface area contributed by atoms with Crippen LogP contribution in [0.25, 0.3) is 11.3 Å². The van der Waals surface area contributed by atoms with Gasteiger partial charge in [0.1, 0.15) is 11.5 Å². The van der Waals surface area contributed by atoms with E-state index in [9.17, 15) is 9.90 Å². The summed E-state index contributed by atoms with van der Waals surface area (Å²) in [6.45, 7) is 0. The minimum Gasteiger partial charge on any atom is -0.460 e. The zero-order valence-corrected chi connectivity index (χ0v) is 9.22. The van der Waals surface area contributed by atoms with Gasteiger partial charge in [0.15, 0.2) is 5.78 Å². The van der Waals surface area contributed by atoms with Crippen molar-refractivity contribution in [3.8, 4) is 11.3 Å². The molecule has 0 bridgehead atoms. The number of carbonyl (C=O) groups is 1. The molecule has 1 atom stereocenters. The molecule has 0 amide bonds. The van der Waals surface area contributed by atoms with Crippen LogP contribution in [0.2, 0.25) is 0 Å². The van der Waals surface area contributed by atoms with E-state index in [2.05, 4.69) is 0 Å². The van der Waals surface area contributed by atoms with E-state index in [4.69, 9.17) is 4.42 Å². The lowest BCUT2D eigenvalue weighted by molar-refractivity contribution is 0.0839. The highest BCUT2D eigenvalue weighted by molar-refractivity contribution is 5.99. The lowest BCUT2D eigenvalue weighted by Crippen LogP contribution is -2.22. The number of ketones is 1. The van der Waals surface area contributed by atoms with Gasteiger partial charge in [-0.05, 0) is 6.07 Å². The van der Waals surface area contributed by atoms with Crippen LogP contribution in [0.3, 0.4) is 0 Å². The first-order valence-electron chi connectivity index (χ1n) is 5.63. The topological polar surface area (TPSA) is 50.4 Å². The lowest BCUT2D eigenvalue weighted by Gasteiger charge is -2.13. The Balaban J connectivity index is 2.06. The molecule has 86 valence electrons. The van der Waals surface area contributed by atoms with Crippen molar-refractivity contribution in [2.75, 3.05) is 0 Å². The van der Waals surface area contributed by atoms with Gasteiger partial charge in [0, 0.05) is 18.4 Å². The lowest BCUT2D eigenvalue weighted by atomic mass is 9.95. The third-order valence-corrected chi connectivity index (χ3v) is 3.01. The Morgan fingerprint density at radius 1 is 1.18 bits per heavy atom. The predicted molar refractivity (Wildman–Crippen MR) is 62.8 cm³/mol. The van der Waals surface area contributed by atoms with Crippen LogP contribution >= 0.6 is 0 Å². The largest absolute Gasteiger partial charge is 0.460 e. The number of Topliss-reactive ketones (excluding diaryl/α,β-unsaturated/α-hetero) is 1. The molecule has 1 aromatic heterocycles. The van der Waals surface area contributed by atoms with Crippen molar-refractivity contribution < 1.29 is 14.3 Å². The Morgan fingerprint density at radius 2 is 1.94 bits per heavy atom. The SMILES string of the molecule is O=C1CC(O)Cc2oc(-c3ccccc3)cc21. The fraction of sp³-hybridized carbons (Fsp3) is 0.214. The van der Waals surface area contributed by atoms with Crippen molar-refractivity contribution in [2.24, 2.45) is 0 Å². The second-order valence-electron chi connectivity index (χ2n) is 4.30. The number of hydrogen-bond donors (Lipinski definition) is 1. The van der Waals surface area contributed by atoms with Gasteiger partial charge in [-0.3, -0.25) is 4.79 Å². The molecule has 1 aromatic carbocycles. The van der Waals surface area contributed by atoms with Gasteiger partial charge in [-0.2, -0.15) is 0 Å². The standard InChI is InChI=1S/C14H12O3/c15-10-6-12(16)11-8-13(17-14(11)7-10)9-4-2-1-3-5-9/h1-5,8,10,15H,6-7H2. The number of carbonyl (C=O) groups excluding carboxylic acids is 1. The molecular weight excluding hydrogens is 216 g/mol. The summed E-state index contributed by atoms with van der Waals surface area (Å²) in [5, 5.41) is 9.53. The van der Waals surface area contributed by atoms with Gasteiger partial charge in [0.05, 0.1) is 11.7 Å². The Labute approximate surface area is 98.7 Å². The zero-order valence-electron chi connectivity index (χ0n) is 9.22. The van der Waals surface area contributed by atoms with E-state index in [1.165, 1.54) is 0 Å². The number of fused-ring (bicyclic) bond motifs is 1. The zero-order chi connectivity index (χ0) is 11.8. The van der Waals surface area contributed by atoms with Crippen molar-refractivity contribution in [2.45, 2.75) is 18.9 Å². The maximum Gasteiger partial charge on any atom is 0.169 e. The molecule has 0 spiro atoms. The van der Waals surface area contributed by atoms with Crippen LogP contribution in [0, 0.1) is 0 Å². The van der Waals surface area contributed by atoms with Crippen LogP contribution in [0.1, 0.15) is 22.5 Å². The molecule has 2 aromatic rings. The summed E-state index contributed by atoms with van der Waals surface area (Å²) in [6, 6.07) is 11.4. The van der Waals surface area contributed by atoms with E-state index >= 15 is 0 Å². The van der Waals surface area contributed by atoms with Gasteiger partial charge in [-0.15, -0.1) is 0 Å². The summed E-state index contributed by atoms with van der Waals surface area (Å²) in [6.07, 6.45) is 0.0130. The Hall–Kier alpha value is -1.87. The second kappa shape index (κ2) is 3.86. The summed E-state index contributed by atoms with van der Waals surface area (Å²) in [4.78, 5) is 11.7. The summed E-state index contributed by atoms with van der Waals surface area (Å²) >= 11 is 0. The third kappa shape index (κ3) is 1.78. The maximum absolute atomic E-state index is 11.7. The minimum atomic E-state index is -0.607. The highest BCUT2D eigenvalue weighted by Crippen LogP contribution is 2.30. The molecule has 1 aliphatic rings. The van der Waals surface area contributed by atoms with Gasteiger partial charge in [0.2, 0.25) is 0 Å². The Kier molecular flexibility index (Phi) is 2.34. The van der Waals surface area contributed by atoms with E-state index in [0.29, 0.717) is 23.5 Å². The molecule has 0 fully saturated rings. The van der Waals surface area contributed by atoms with Gasteiger partial charge < -0.3 is 9.52 Å². The molecular formula is C14H12O3. The summed E-state index contributed by atoms with van der Waals surface area (Å²) in [5.74, 6) is 1.26. The van der Waals surface area contributed by atoms with Crippen LogP contribution in [0.15, 0.2) is 40.8 Å². The molecule has 3 heteroatoms. The second-order valence-corrected chi connectivity index (χ2v) is 4.30. The van der Waals surface area contributed by atoms with Crippen molar-refractivity contribution in [1.29, 1.82) is 0 Å². The van der Waals surface area contributed by atoms with Gasteiger partial charge in [-0.1, -0.05) is 30.3 Å². The van der Waals surface area contributed by atoms with Crippen LogP contribution in [0.4, 0.5) is 0 Å². The van der Waals surface area contributed by atoms with E-state index < -0.39 is 6.10 Å². The third-order valence-electron chi connectivity index (χ3n) is 3.01. The van der Waals surface area contributed by atoms with E-state index in [-0.39, 0.29) is 12.2 Å². The number of hydrogen-bond acceptors (Lipinski definition) is 3. The number of aliphatic hydroxyl groups excluding tert-OH is 1. The Bertz CT molecular complexity index is 554. The monoisotopic (exact) mass is 228 g/mol. The van der Waals surface area contributed by atoms with Gasteiger partial charge in [-0.25, -0.2) is 0 Å². The number of aliphatic hydroxyl groups is 1. The molecule has 3 rings (SSSR count). The van der Waals surface area contributed by atoms with Crippen molar-refractivity contribution >= 4 is 5.78 Å². The maximum atomic E-state index is 11.7. The molecule has 3 nitrogen and oxygen atoms in total. The predicted octanol–water partition coefficient (Wildman–Crippen LogP) is 2.44. The van der Waals surface area contributed by atoms with Crippen LogP contribution in [-0.2, 0) is 6.42 Å². The fourth-order valence-corrected chi connectivity index (χ4v) is 2.17. The Morgan fingerprint density at radius 3 is 2.71 bits per heavy atom. The first-order chi connectivity index (χ1) is 8.24. The first-order valence-corrected chi connectivity index (χ1v) is 5.63. The van der Waals surface area contributed by atoms with Crippen LogP contribution < -0.4 is 0 Å². The molecule has 0 radical (unpaired) electrons. The molecule has 0 aliphatic heterocycles. The summed E-state index contributed by atoms with van der Waals surface area (Å²) in [5.41, 5.74) is 1.57. The van der Waals surface area contributed by atoms with Gasteiger partial charge in [0.25, 0.3) is 0 Å². The summed E-state index contributed by atoms with van der Waals surface area (Å²) < 4.78 is 5.65. The molecule has 1 unspecified atom stereocenters. The van der Waals surface area contributed by atoms with Crippen molar-refractivity contribution in [3.05, 3.63) is 47.7 Å². The average Bonchev–Trinajstić information content (AvgIpc) is 2.74. The molecule has 0 saturated carbocycles. The van der Waals surface area contributed by atoms with E-state index in [1.807, 2.05) is 30.3 Å². The first kappa shape index (κ1) is 10.3. The number of benzene rings is 1. The highest BCUT2D eigenvalue weighted by Gasteiger charge is 2.27. The van der Waals surface area contributed by atoms with Crippen molar-refractivity contribution in [1.82, 2.24) is 0 Å².